The standard InChI is InChI=1S/C9H14F3NO4/c1-15-5-3-4-8(16-2,17-5)6(13)7(14)9(10,11)12/h5-6H,3-4,13H2,1-2H3. The van der Waals surface area contributed by atoms with Gasteiger partial charge in [-0.2, -0.15) is 13.2 Å². The summed E-state index contributed by atoms with van der Waals surface area (Å²) < 4.78 is 51.6. The van der Waals surface area contributed by atoms with E-state index in [0.29, 0.717) is 6.42 Å². The summed E-state index contributed by atoms with van der Waals surface area (Å²) in [5.74, 6) is -3.84. The van der Waals surface area contributed by atoms with Crippen LogP contribution in [0.15, 0.2) is 0 Å². The van der Waals surface area contributed by atoms with Crippen LogP contribution in [-0.2, 0) is 19.0 Å². The Morgan fingerprint density at radius 3 is 2.47 bits per heavy atom. The van der Waals surface area contributed by atoms with E-state index in [1.165, 1.54) is 7.11 Å². The molecular formula is C9H14F3NO4. The summed E-state index contributed by atoms with van der Waals surface area (Å²) in [6, 6.07) is -1.92. The van der Waals surface area contributed by atoms with Crippen molar-refractivity contribution in [1.29, 1.82) is 0 Å². The third-order valence-electron chi connectivity index (χ3n) is 2.70. The summed E-state index contributed by atoms with van der Waals surface area (Å²) in [6.07, 6.45) is -5.37. The lowest BCUT2D eigenvalue weighted by molar-refractivity contribution is -0.267. The molecule has 0 amide bonds. The molecule has 5 nitrogen and oxygen atoms in total. The first-order valence-corrected chi connectivity index (χ1v) is 4.89. The molecule has 1 heterocycles. The number of nitrogens with two attached hydrogens (primary N) is 1. The van der Waals surface area contributed by atoms with Gasteiger partial charge in [-0.1, -0.05) is 0 Å². The molecule has 1 fully saturated rings. The summed E-state index contributed by atoms with van der Waals surface area (Å²) in [4.78, 5) is 11.1. The van der Waals surface area contributed by atoms with Crippen molar-refractivity contribution in [2.24, 2.45) is 5.73 Å². The SMILES string of the molecule is COC1CCC(OC)(C(N)C(=O)C(F)(F)F)O1. The molecule has 3 unspecified atom stereocenters. The van der Waals surface area contributed by atoms with Crippen LogP contribution in [0.2, 0.25) is 0 Å². The number of carbonyl (C=O) groups is 1. The van der Waals surface area contributed by atoms with Gasteiger partial charge in [0.15, 0.2) is 12.1 Å². The topological polar surface area (TPSA) is 70.8 Å². The monoisotopic (exact) mass is 257 g/mol. The van der Waals surface area contributed by atoms with E-state index < -0.39 is 30.1 Å². The van der Waals surface area contributed by atoms with Crippen molar-refractivity contribution >= 4 is 5.78 Å². The van der Waals surface area contributed by atoms with Gasteiger partial charge in [0.1, 0.15) is 6.04 Å². The normalized spacial score (nSPS) is 31.5. The number of rotatable bonds is 4. The molecule has 17 heavy (non-hydrogen) atoms. The maximum absolute atomic E-state index is 12.3. The molecule has 1 aliphatic rings. The maximum Gasteiger partial charge on any atom is 0.451 e. The smallest absolute Gasteiger partial charge is 0.356 e. The fourth-order valence-corrected chi connectivity index (χ4v) is 1.71. The van der Waals surface area contributed by atoms with Gasteiger partial charge in [0.05, 0.1) is 0 Å². The van der Waals surface area contributed by atoms with Crippen LogP contribution < -0.4 is 5.73 Å². The predicted molar refractivity (Wildman–Crippen MR) is 49.9 cm³/mol. The highest BCUT2D eigenvalue weighted by atomic mass is 19.4. The number of alkyl halides is 3. The Bertz CT molecular complexity index is 296. The first-order valence-electron chi connectivity index (χ1n) is 4.89. The molecule has 1 rings (SSSR count). The van der Waals surface area contributed by atoms with Gasteiger partial charge in [-0.3, -0.25) is 4.79 Å². The molecule has 1 saturated heterocycles. The summed E-state index contributed by atoms with van der Waals surface area (Å²) >= 11 is 0. The Kier molecular flexibility index (Phi) is 4.13. The van der Waals surface area contributed by atoms with Crippen LogP contribution in [0.3, 0.4) is 0 Å². The number of ketones is 1. The lowest BCUT2D eigenvalue weighted by atomic mass is 10.00. The van der Waals surface area contributed by atoms with Crippen LogP contribution in [0.4, 0.5) is 13.2 Å². The highest BCUT2D eigenvalue weighted by molar-refractivity contribution is 5.89. The maximum atomic E-state index is 12.3. The number of methoxy groups -OCH3 is 2. The zero-order chi connectivity index (χ0) is 13.3. The van der Waals surface area contributed by atoms with Gasteiger partial charge in [-0.05, 0) is 0 Å². The molecule has 100 valence electrons. The molecule has 2 N–H and O–H groups in total. The van der Waals surface area contributed by atoms with Crippen LogP contribution in [0.25, 0.3) is 0 Å². The molecule has 0 spiro atoms. The van der Waals surface area contributed by atoms with Gasteiger partial charge in [0, 0.05) is 27.1 Å². The molecule has 0 aliphatic carbocycles. The molecule has 0 saturated carbocycles. The average Bonchev–Trinajstić information content (AvgIpc) is 2.70. The minimum absolute atomic E-state index is 0.0605. The summed E-state index contributed by atoms with van der Waals surface area (Å²) in [5.41, 5.74) is 5.30. The van der Waals surface area contributed by atoms with Crippen LogP contribution in [-0.4, -0.2) is 44.3 Å². The molecule has 1 aliphatic heterocycles. The second kappa shape index (κ2) is 4.89. The molecular weight excluding hydrogens is 243 g/mol. The van der Waals surface area contributed by atoms with E-state index in [2.05, 4.69) is 0 Å². The highest BCUT2D eigenvalue weighted by Crippen LogP contribution is 2.36. The number of hydrogen-bond donors (Lipinski definition) is 1. The minimum atomic E-state index is -5.01. The Labute approximate surface area is 96.0 Å². The van der Waals surface area contributed by atoms with E-state index >= 15 is 0 Å². The average molecular weight is 257 g/mol. The van der Waals surface area contributed by atoms with E-state index in [1.54, 1.807) is 0 Å². The number of Topliss-reactive ketones (excluding diaryl/α,β-unsaturated/α-hetero) is 1. The van der Waals surface area contributed by atoms with Crippen LogP contribution in [0.1, 0.15) is 12.8 Å². The number of carbonyl (C=O) groups excluding carboxylic acids is 1. The predicted octanol–water partition coefficient (Wildman–Crippen LogP) is 0.571. The van der Waals surface area contributed by atoms with Crippen molar-refractivity contribution in [3.63, 3.8) is 0 Å². The molecule has 0 aromatic rings. The van der Waals surface area contributed by atoms with Crippen molar-refractivity contribution in [1.82, 2.24) is 0 Å². The molecule has 0 bridgehead atoms. The van der Waals surface area contributed by atoms with Gasteiger partial charge < -0.3 is 19.9 Å². The first kappa shape index (κ1) is 14.4. The quantitative estimate of drug-likeness (QED) is 0.797. The summed E-state index contributed by atoms with van der Waals surface area (Å²) in [5, 5.41) is 0. The zero-order valence-corrected chi connectivity index (χ0v) is 9.41. The van der Waals surface area contributed by atoms with Gasteiger partial charge in [0.2, 0.25) is 0 Å². The Morgan fingerprint density at radius 2 is 2.12 bits per heavy atom. The highest BCUT2D eigenvalue weighted by Gasteiger charge is 2.55. The minimum Gasteiger partial charge on any atom is -0.356 e. The molecule has 3 atom stereocenters. The van der Waals surface area contributed by atoms with Crippen LogP contribution in [0.5, 0.6) is 0 Å². The van der Waals surface area contributed by atoms with E-state index in [1.807, 2.05) is 0 Å². The number of hydrogen-bond acceptors (Lipinski definition) is 5. The van der Waals surface area contributed by atoms with Crippen molar-refractivity contribution in [2.75, 3.05) is 14.2 Å². The fraction of sp³-hybridized carbons (Fsp3) is 0.889. The lowest BCUT2D eigenvalue weighted by Gasteiger charge is -2.32. The van der Waals surface area contributed by atoms with Crippen molar-refractivity contribution < 1.29 is 32.2 Å². The summed E-state index contributed by atoms with van der Waals surface area (Å²) in [6.45, 7) is 0. The second-order valence-corrected chi connectivity index (χ2v) is 3.68. The largest absolute Gasteiger partial charge is 0.451 e. The molecule has 0 radical (unpaired) electrons. The fourth-order valence-electron chi connectivity index (χ4n) is 1.71. The first-order chi connectivity index (χ1) is 7.77. The summed E-state index contributed by atoms with van der Waals surface area (Å²) in [7, 11) is 2.48. The lowest BCUT2D eigenvalue weighted by Crippen LogP contribution is -2.57. The Hall–Kier alpha value is -0.700. The third kappa shape index (κ3) is 2.76. The van der Waals surface area contributed by atoms with Crippen molar-refractivity contribution in [2.45, 2.75) is 37.1 Å². The van der Waals surface area contributed by atoms with Gasteiger partial charge in [-0.25, -0.2) is 0 Å². The molecule has 0 aromatic heterocycles. The molecule has 0 aromatic carbocycles. The zero-order valence-electron chi connectivity index (χ0n) is 9.41. The Balaban J connectivity index is 2.85. The van der Waals surface area contributed by atoms with Crippen molar-refractivity contribution in [3.05, 3.63) is 0 Å². The van der Waals surface area contributed by atoms with E-state index in [4.69, 9.17) is 19.9 Å². The van der Waals surface area contributed by atoms with Crippen LogP contribution >= 0.6 is 0 Å². The van der Waals surface area contributed by atoms with E-state index in [0.717, 1.165) is 7.11 Å². The Morgan fingerprint density at radius 1 is 1.53 bits per heavy atom. The second-order valence-electron chi connectivity index (χ2n) is 3.68. The number of halogens is 3. The van der Waals surface area contributed by atoms with E-state index in [-0.39, 0.29) is 6.42 Å². The third-order valence-corrected chi connectivity index (χ3v) is 2.70. The van der Waals surface area contributed by atoms with Gasteiger partial charge >= 0.3 is 6.18 Å². The number of ether oxygens (including phenoxy) is 3. The van der Waals surface area contributed by atoms with Crippen molar-refractivity contribution in [3.8, 4) is 0 Å². The van der Waals surface area contributed by atoms with Gasteiger partial charge in [0.25, 0.3) is 5.78 Å². The van der Waals surface area contributed by atoms with E-state index in [9.17, 15) is 18.0 Å². The van der Waals surface area contributed by atoms with Crippen LogP contribution in [0, 0.1) is 0 Å². The molecule has 8 heteroatoms. The van der Waals surface area contributed by atoms with Gasteiger partial charge in [-0.15, -0.1) is 0 Å².